The van der Waals surface area contributed by atoms with Gasteiger partial charge in [-0.05, 0) is 23.3 Å². The van der Waals surface area contributed by atoms with Crippen molar-refractivity contribution in [2.75, 3.05) is 6.54 Å². The van der Waals surface area contributed by atoms with Gasteiger partial charge in [0.05, 0.1) is 13.1 Å². The van der Waals surface area contributed by atoms with Crippen molar-refractivity contribution in [3.05, 3.63) is 71.5 Å². The second-order valence-corrected chi connectivity index (χ2v) is 7.31. The van der Waals surface area contributed by atoms with Crippen molar-refractivity contribution >= 4 is 23.0 Å². The van der Waals surface area contributed by atoms with Gasteiger partial charge in [-0.3, -0.25) is 9.89 Å². The van der Waals surface area contributed by atoms with Gasteiger partial charge in [0.25, 0.3) is 0 Å². The lowest BCUT2D eigenvalue weighted by Crippen LogP contribution is -2.41. The largest absolute Gasteiger partial charge is 0.334 e. The number of nitrogens with one attached hydrogen (secondary N) is 1. The summed E-state index contributed by atoms with van der Waals surface area (Å²) in [6, 6.07) is 15.7. The van der Waals surface area contributed by atoms with E-state index in [9.17, 15) is 9.18 Å². The average Bonchev–Trinajstić information content (AvgIpc) is 3.06. The third-order valence-corrected chi connectivity index (χ3v) is 4.92. The summed E-state index contributed by atoms with van der Waals surface area (Å²) in [5.74, 6) is -0.287. The fourth-order valence-corrected chi connectivity index (χ4v) is 3.41. The number of carbonyl (C=O) groups is 1. The lowest BCUT2D eigenvalue weighted by molar-refractivity contribution is 0.219. The molecule has 1 heterocycles. The number of hydrogen-bond donors (Lipinski definition) is 1. The van der Waals surface area contributed by atoms with Crippen LogP contribution in [0.3, 0.4) is 0 Å². The Hall–Kier alpha value is -2.34. The fraction of sp³-hybridized carbons (Fsp3) is 0.263. The van der Waals surface area contributed by atoms with Crippen molar-refractivity contribution < 1.29 is 9.18 Å². The van der Waals surface area contributed by atoms with Gasteiger partial charge in [-0.25, -0.2) is 9.18 Å². The minimum atomic E-state index is -0.287. The normalized spacial score (nSPS) is 16.4. The first-order valence-electron chi connectivity index (χ1n) is 8.16. The Morgan fingerprint density at radius 1 is 1.20 bits per heavy atom. The fourth-order valence-electron chi connectivity index (χ4n) is 2.48. The number of thioether (sulfide) groups is 1. The first-order valence-corrected chi connectivity index (χ1v) is 9.04. The van der Waals surface area contributed by atoms with E-state index in [-0.39, 0.29) is 11.8 Å². The van der Waals surface area contributed by atoms with Crippen molar-refractivity contribution in [1.82, 2.24) is 10.2 Å². The Morgan fingerprint density at radius 3 is 2.56 bits per heavy atom. The molecule has 0 saturated heterocycles. The lowest BCUT2D eigenvalue weighted by atomic mass is 10.2. The summed E-state index contributed by atoms with van der Waals surface area (Å²) >= 11 is 1.59. The molecule has 1 atom stereocenters. The Labute approximate surface area is 151 Å². The van der Waals surface area contributed by atoms with E-state index in [1.54, 1.807) is 28.8 Å². The second kappa shape index (κ2) is 8.16. The summed E-state index contributed by atoms with van der Waals surface area (Å²) in [6.07, 6.45) is 0. The Balaban J connectivity index is 1.71. The highest BCUT2D eigenvalue weighted by atomic mass is 32.2. The number of amides is 2. The number of carbonyl (C=O) groups excluding carboxylic acids is 1. The minimum Gasteiger partial charge on any atom is -0.334 e. The van der Waals surface area contributed by atoms with E-state index in [0.717, 1.165) is 11.1 Å². The molecule has 2 amide bonds. The molecule has 0 radical (unpaired) electrons. The van der Waals surface area contributed by atoms with Gasteiger partial charge in [-0.1, -0.05) is 61.2 Å². The molecule has 2 aromatic rings. The van der Waals surface area contributed by atoms with Gasteiger partial charge in [-0.2, -0.15) is 0 Å². The van der Waals surface area contributed by atoms with Crippen LogP contribution in [0.15, 0.2) is 59.6 Å². The monoisotopic (exact) mass is 357 g/mol. The highest BCUT2D eigenvalue weighted by Crippen LogP contribution is 2.24. The number of amidine groups is 1. The molecule has 1 aliphatic rings. The van der Waals surface area contributed by atoms with Gasteiger partial charge in [0.2, 0.25) is 0 Å². The second-order valence-electron chi connectivity index (χ2n) is 5.91. The molecule has 0 saturated carbocycles. The van der Waals surface area contributed by atoms with E-state index >= 15 is 0 Å². The van der Waals surface area contributed by atoms with Gasteiger partial charge in [-0.15, -0.1) is 0 Å². The Morgan fingerprint density at radius 2 is 1.92 bits per heavy atom. The zero-order valence-corrected chi connectivity index (χ0v) is 14.8. The lowest BCUT2D eigenvalue weighted by Gasteiger charge is -2.23. The summed E-state index contributed by atoms with van der Waals surface area (Å²) in [6.45, 7) is 3.59. The molecule has 0 aromatic heterocycles. The molecule has 0 fully saturated rings. The number of rotatable bonds is 4. The van der Waals surface area contributed by atoms with Gasteiger partial charge >= 0.3 is 6.03 Å². The van der Waals surface area contributed by atoms with Crippen LogP contribution < -0.4 is 5.32 Å². The summed E-state index contributed by atoms with van der Waals surface area (Å²) in [5.41, 5.74) is 1.89. The van der Waals surface area contributed by atoms with Crippen molar-refractivity contribution in [3.63, 3.8) is 0 Å². The predicted octanol–water partition coefficient (Wildman–Crippen LogP) is 4.03. The van der Waals surface area contributed by atoms with Crippen LogP contribution in [0.4, 0.5) is 9.18 Å². The molecule has 1 N–H and O–H groups in total. The van der Waals surface area contributed by atoms with Crippen LogP contribution >= 0.6 is 11.8 Å². The average molecular weight is 357 g/mol. The highest BCUT2D eigenvalue weighted by molar-refractivity contribution is 8.14. The van der Waals surface area contributed by atoms with Crippen molar-refractivity contribution in [2.45, 2.75) is 25.3 Å². The zero-order valence-electron chi connectivity index (χ0n) is 14.0. The predicted molar refractivity (Wildman–Crippen MR) is 100.0 cm³/mol. The van der Waals surface area contributed by atoms with E-state index in [2.05, 4.69) is 17.2 Å². The molecule has 3 rings (SSSR count). The number of aliphatic imine (C=N–C) groups is 1. The summed E-state index contributed by atoms with van der Waals surface area (Å²) in [5, 5.41) is 4.01. The minimum absolute atomic E-state index is 0.200. The molecule has 25 heavy (non-hydrogen) atoms. The number of nitrogens with zero attached hydrogens (tertiary/aromatic N) is 2. The smallest absolute Gasteiger partial charge is 0.324 e. The van der Waals surface area contributed by atoms with E-state index in [0.29, 0.717) is 30.1 Å². The highest BCUT2D eigenvalue weighted by Gasteiger charge is 2.25. The molecule has 0 unspecified atom stereocenters. The SMILES string of the molecule is C[C@H]1CN=C(N(Cc2ccc(F)cc2)C(=O)NCc2ccccc2)S1. The van der Waals surface area contributed by atoms with Crippen molar-refractivity contribution in [3.8, 4) is 0 Å². The van der Waals surface area contributed by atoms with Gasteiger partial charge in [0.15, 0.2) is 5.17 Å². The number of urea groups is 1. The number of halogens is 1. The van der Waals surface area contributed by atoms with Crippen molar-refractivity contribution in [2.24, 2.45) is 4.99 Å². The van der Waals surface area contributed by atoms with Crippen LogP contribution in [0.5, 0.6) is 0 Å². The van der Waals surface area contributed by atoms with Gasteiger partial charge < -0.3 is 5.32 Å². The molecule has 130 valence electrons. The molecule has 1 aliphatic heterocycles. The summed E-state index contributed by atoms with van der Waals surface area (Å²) < 4.78 is 13.1. The van der Waals surface area contributed by atoms with Crippen molar-refractivity contribution in [1.29, 1.82) is 0 Å². The van der Waals surface area contributed by atoms with Crippen LogP contribution in [0.2, 0.25) is 0 Å². The molecule has 0 spiro atoms. The van der Waals surface area contributed by atoms with Gasteiger partial charge in [0, 0.05) is 11.8 Å². The van der Waals surface area contributed by atoms with E-state index in [4.69, 9.17) is 0 Å². The topological polar surface area (TPSA) is 44.7 Å². The zero-order chi connectivity index (χ0) is 17.6. The molecule has 0 bridgehead atoms. The Bertz CT molecular complexity index is 749. The summed E-state index contributed by atoms with van der Waals surface area (Å²) in [4.78, 5) is 18.8. The Kier molecular flexibility index (Phi) is 5.71. The maximum Gasteiger partial charge on any atom is 0.324 e. The van der Waals surface area contributed by atoms with E-state index in [1.165, 1.54) is 12.1 Å². The molecule has 6 heteroatoms. The van der Waals surface area contributed by atoms with Gasteiger partial charge in [0.1, 0.15) is 5.82 Å². The maximum absolute atomic E-state index is 13.1. The first kappa shape index (κ1) is 17.5. The molecule has 0 aliphatic carbocycles. The number of benzene rings is 2. The van der Waals surface area contributed by atoms with Crippen LogP contribution in [-0.4, -0.2) is 27.9 Å². The summed E-state index contributed by atoms with van der Waals surface area (Å²) in [7, 11) is 0. The van der Waals surface area contributed by atoms with Crippen LogP contribution in [0.25, 0.3) is 0 Å². The van der Waals surface area contributed by atoms with Crippen LogP contribution in [0, 0.1) is 5.82 Å². The van der Waals surface area contributed by atoms with Crippen LogP contribution in [0.1, 0.15) is 18.1 Å². The maximum atomic E-state index is 13.1. The first-order chi connectivity index (χ1) is 12.1. The molecular formula is C19H20FN3OS. The van der Waals surface area contributed by atoms with Crippen LogP contribution in [-0.2, 0) is 13.1 Å². The third-order valence-electron chi connectivity index (χ3n) is 3.81. The van der Waals surface area contributed by atoms with E-state index in [1.807, 2.05) is 30.3 Å². The third kappa shape index (κ3) is 4.82. The standard InChI is InChI=1S/C19H20FN3OS/c1-14-11-22-19(25-14)23(13-16-7-9-17(20)10-8-16)18(24)21-12-15-5-3-2-4-6-15/h2-10,14H,11-13H2,1H3,(H,21,24)/t14-/m0/s1. The molecule has 2 aromatic carbocycles. The molecule has 4 nitrogen and oxygen atoms in total. The molecular weight excluding hydrogens is 337 g/mol. The quantitative estimate of drug-likeness (QED) is 0.898. The van der Waals surface area contributed by atoms with E-state index < -0.39 is 0 Å². The number of hydrogen-bond acceptors (Lipinski definition) is 3.